The Morgan fingerprint density at radius 2 is 1.97 bits per heavy atom. The van der Waals surface area contributed by atoms with E-state index < -0.39 is 5.91 Å². The molecule has 1 fully saturated rings. The Bertz CT molecular complexity index is 808. The number of nitrogens with two attached hydrogens (primary N) is 1. The number of carbonyl (C=O) groups excluding carboxylic acids is 1. The van der Waals surface area contributed by atoms with Gasteiger partial charge in [0.05, 0.1) is 6.04 Å². The lowest BCUT2D eigenvalue weighted by atomic mass is 10.1. The van der Waals surface area contributed by atoms with Gasteiger partial charge < -0.3 is 21.1 Å². The minimum absolute atomic E-state index is 0. The third-order valence-electron chi connectivity index (χ3n) is 5.15. The number of rotatable bonds is 10. The molecule has 1 aliphatic heterocycles. The molecule has 0 aliphatic carbocycles. The van der Waals surface area contributed by atoms with Crippen LogP contribution in [0, 0.1) is 0 Å². The molecule has 1 aromatic carbocycles. The second-order valence-electron chi connectivity index (χ2n) is 7.30. The first-order chi connectivity index (χ1) is 14.7. The van der Waals surface area contributed by atoms with E-state index in [0.29, 0.717) is 11.8 Å². The largest absolute Gasteiger partial charge is 0.484 e. The van der Waals surface area contributed by atoms with E-state index in [1.165, 1.54) is 23.3 Å². The van der Waals surface area contributed by atoms with E-state index in [4.69, 9.17) is 10.5 Å². The summed E-state index contributed by atoms with van der Waals surface area (Å²) in [6, 6.07) is 12.4. The minimum atomic E-state index is -0.479. The van der Waals surface area contributed by atoms with Crippen LogP contribution < -0.4 is 21.1 Å². The number of hydrogen-bond donors (Lipinski definition) is 3. The molecule has 31 heavy (non-hydrogen) atoms. The number of guanidine groups is 1. The van der Waals surface area contributed by atoms with Gasteiger partial charge in [-0.3, -0.25) is 14.7 Å². The molecule has 9 heteroatoms. The highest BCUT2D eigenvalue weighted by molar-refractivity contribution is 14.0. The van der Waals surface area contributed by atoms with E-state index in [0.717, 1.165) is 38.6 Å². The van der Waals surface area contributed by atoms with Gasteiger partial charge in [-0.2, -0.15) is 0 Å². The average molecular weight is 558 g/mol. The number of likely N-dealkylation sites (tertiary alicyclic amines) is 1. The van der Waals surface area contributed by atoms with Crippen LogP contribution in [0.15, 0.2) is 46.8 Å². The fourth-order valence-corrected chi connectivity index (χ4v) is 4.45. The molecule has 1 unspecified atom stereocenters. The van der Waals surface area contributed by atoms with Crippen LogP contribution in [-0.4, -0.2) is 56.6 Å². The van der Waals surface area contributed by atoms with Gasteiger partial charge in [-0.15, -0.1) is 35.3 Å². The van der Waals surface area contributed by atoms with E-state index >= 15 is 0 Å². The molecule has 2 aromatic rings. The molecule has 170 valence electrons. The molecule has 4 N–H and O–H groups in total. The van der Waals surface area contributed by atoms with Gasteiger partial charge in [0.15, 0.2) is 12.6 Å². The lowest BCUT2D eigenvalue weighted by Crippen LogP contribution is -2.43. The number of primary amides is 1. The van der Waals surface area contributed by atoms with Crippen molar-refractivity contribution in [3.63, 3.8) is 0 Å². The molecule has 0 saturated carbocycles. The number of hydrogen-bond acceptors (Lipinski definition) is 5. The van der Waals surface area contributed by atoms with Crippen LogP contribution in [-0.2, 0) is 11.2 Å². The van der Waals surface area contributed by atoms with Crippen molar-refractivity contribution in [1.29, 1.82) is 0 Å². The molecule has 1 saturated heterocycles. The maximum atomic E-state index is 10.8. The van der Waals surface area contributed by atoms with E-state index in [1.807, 2.05) is 35.6 Å². The van der Waals surface area contributed by atoms with Crippen molar-refractivity contribution in [1.82, 2.24) is 15.5 Å². The normalized spacial score (nSPS) is 15.2. The minimum Gasteiger partial charge on any atom is -0.484 e. The molecule has 1 aromatic heterocycles. The predicted octanol–water partition coefficient (Wildman–Crippen LogP) is 2.77. The van der Waals surface area contributed by atoms with Crippen LogP contribution in [0.3, 0.4) is 0 Å². The quantitative estimate of drug-likeness (QED) is 0.238. The summed E-state index contributed by atoms with van der Waals surface area (Å²) < 4.78 is 5.29. The van der Waals surface area contributed by atoms with Gasteiger partial charge >= 0.3 is 0 Å². The van der Waals surface area contributed by atoms with Gasteiger partial charge in [0.2, 0.25) is 0 Å². The Morgan fingerprint density at radius 1 is 1.23 bits per heavy atom. The third-order valence-corrected chi connectivity index (χ3v) is 6.12. The Morgan fingerprint density at radius 3 is 2.58 bits per heavy atom. The highest BCUT2D eigenvalue weighted by atomic mass is 127. The number of thiophene rings is 1. The summed E-state index contributed by atoms with van der Waals surface area (Å²) in [4.78, 5) is 19.1. The number of benzene rings is 1. The maximum absolute atomic E-state index is 10.8. The van der Waals surface area contributed by atoms with Crippen LogP contribution in [0.25, 0.3) is 0 Å². The zero-order valence-electron chi connectivity index (χ0n) is 17.9. The Kier molecular flexibility index (Phi) is 11.1. The van der Waals surface area contributed by atoms with Crippen molar-refractivity contribution in [3.8, 4) is 5.75 Å². The molecule has 0 radical (unpaired) electrons. The molecule has 1 atom stereocenters. The van der Waals surface area contributed by atoms with Crippen molar-refractivity contribution >= 4 is 47.2 Å². The van der Waals surface area contributed by atoms with Crippen LogP contribution in [0.1, 0.15) is 29.3 Å². The highest BCUT2D eigenvalue weighted by Crippen LogP contribution is 2.27. The number of halogens is 1. The summed E-state index contributed by atoms with van der Waals surface area (Å²) in [6.45, 7) is 3.83. The molecule has 7 nitrogen and oxygen atoms in total. The maximum Gasteiger partial charge on any atom is 0.255 e. The predicted molar refractivity (Wildman–Crippen MR) is 137 cm³/mol. The zero-order valence-corrected chi connectivity index (χ0v) is 21.0. The average Bonchev–Trinajstić information content (AvgIpc) is 3.47. The number of aliphatic imine (C=N–C) groups is 1. The van der Waals surface area contributed by atoms with Gasteiger partial charge in [-0.1, -0.05) is 18.2 Å². The van der Waals surface area contributed by atoms with E-state index in [9.17, 15) is 4.79 Å². The fraction of sp³-hybridized carbons (Fsp3) is 0.455. The van der Waals surface area contributed by atoms with Crippen molar-refractivity contribution in [2.45, 2.75) is 25.3 Å². The van der Waals surface area contributed by atoms with E-state index in [-0.39, 0.29) is 30.6 Å². The summed E-state index contributed by atoms with van der Waals surface area (Å²) in [5, 5.41) is 9.04. The van der Waals surface area contributed by atoms with Gasteiger partial charge in [0.25, 0.3) is 5.91 Å². The van der Waals surface area contributed by atoms with Gasteiger partial charge in [0, 0.05) is 25.0 Å². The molecule has 3 rings (SSSR count). The standard InChI is InChI=1S/C22H31N5O2S.HI/c1-24-22(25-11-10-17-6-8-18(9-7-17)29-16-21(23)28)26-15-19(20-5-4-14-30-20)27-12-2-3-13-27;/h4-9,14,19H,2-3,10-13,15-16H2,1H3,(H2,23,28)(H2,24,25,26);1H. The molecule has 1 aliphatic rings. The molecular weight excluding hydrogens is 525 g/mol. The molecule has 0 bridgehead atoms. The van der Waals surface area contributed by atoms with E-state index in [2.05, 4.69) is 38.0 Å². The third kappa shape index (κ3) is 8.30. The fourth-order valence-electron chi connectivity index (χ4n) is 3.59. The Labute approximate surface area is 205 Å². The first-order valence-corrected chi connectivity index (χ1v) is 11.3. The monoisotopic (exact) mass is 557 g/mol. The van der Waals surface area contributed by atoms with Crippen LogP contribution >= 0.6 is 35.3 Å². The summed E-state index contributed by atoms with van der Waals surface area (Å²) in [5.41, 5.74) is 6.27. The van der Waals surface area contributed by atoms with Crippen LogP contribution in [0.4, 0.5) is 0 Å². The number of carbonyl (C=O) groups is 1. The van der Waals surface area contributed by atoms with Crippen molar-refractivity contribution < 1.29 is 9.53 Å². The van der Waals surface area contributed by atoms with E-state index in [1.54, 1.807) is 7.05 Å². The summed E-state index contributed by atoms with van der Waals surface area (Å²) >= 11 is 1.82. The number of ether oxygens (including phenoxy) is 1. The first kappa shape index (κ1) is 25.4. The summed E-state index contributed by atoms with van der Waals surface area (Å²) in [6.07, 6.45) is 3.42. The second kappa shape index (κ2) is 13.5. The van der Waals surface area contributed by atoms with Gasteiger partial charge in [-0.25, -0.2) is 0 Å². The molecule has 2 heterocycles. The van der Waals surface area contributed by atoms with Crippen LogP contribution in [0.5, 0.6) is 5.75 Å². The number of nitrogens with zero attached hydrogens (tertiary/aromatic N) is 2. The van der Waals surface area contributed by atoms with Crippen molar-refractivity contribution in [2.24, 2.45) is 10.7 Å². The lowest BCUT2D eigenvalue weighted by Gasteiger charge is -2.27. The van der Waals surface area contributed by atoms with Gasteiger partial charge in [0.1, 0.15) is 5.75 Å². The first-order valence-electron chi connectivity index (χ1n) is 10.4. The second-order valence-corrected chi connectivity index (χ2v) is 8.28. The number of nitrogens with one attached hydrogen (secondary N) is 2. The SMILES string of the molecule is CN=C(NCCc1ccc(OCC(N)=O)cc1)NCC(c1cccs1)N1CCCC1.I. The smallest absolute Gasteiger partial charge is 0.255 e. The van der Waals surface area contributed by atoms with Crippen molar-refractivity contribution in [2.75, 3.05) is 39.8 Å². The summed E-state index contributed by atoms with van der Waals surface area (Å²) in [5.74, 6) is 0.981. The number of amides is 1. The zero-order chi connectivity index (χ0) is 21.2. The topological polar surface area (TPSA) is 92.0 Å². The summed E-state index contributed by atoms with van der Waals surface area (Å²) in [7, 11) is 1.80. The van der Waals surface area contributed by atoms with Crippen molar-refractivity contribution in [3.05, 3.63) is 52.2 Å². The highest BCUT2D eigenvalue weighted by Gasteiger charge is 2.24. The van der Waals surface area contributed by atoms with Crippen LogP contribution in [0.2, 0.25) is 0 Å². The lowest BCUT2D eigenvalue weighted by molar-refractivity contribution is -0.119. The van der Waals surface area contributed by atoms with Gasteiger partial charge in [-0.05, 0) is 61.5 Å². The molecule has 1 amide bonds. The molecular formula is C22H32IN5O2S. The Balaban J connectivity index is 0.00000341. The molecule has 0 spiro atoms. The Hall–Kier alpha value is -1.85.